The number of carboxylic acids is 1. The van der Waals surface area contributed by atoms with Crippen molar-refractivity contribution in [3.8, 4) is 0 Å². The molecule has 2 rings (SSSR count). The van der Waals surface area contributed by atoms with Gasteiger partial charge in [-0.15, -0.1) is 0 Å². The van der Waals surface area contributed by atoms with Gasteiger partial charge >= 0.3 is 12.1 Å². The number of amides is 1. The number of nitrogens with one attached hydrogen (secondary N) is 1. The summed E-state index contributed by atoms with van der Waals surface area (Å²) in [4.78, 5) is 44.3. The van der Waals surface area contributed by atoms with Crippen LogP contribution in [0.25, 0.3) is 0 Å². The normalized spacial score (nSPS) is 21.3. The van der Waals surface area contributed by atoms with Crippen LogP contribution in [-0.2, 0) is 16.0 Å². The van der Waals surface area contributed by atoms with E-state index in [0.29, 0.717) is 6.20 Å². The summed E-state index contributed by atoms with van der Waals surface area (Å²) in [6, 6.07) is -0.815. The second-order valence-corrected chi connectivity index (χ2v) is 11.5. The molecule has 0 bridgehead atoms. The van der Waals surface area contributed by atoms with Crippen molar-refractivity contribution in [2.45, 2.75) is 65.6 Å². The Labute approximate surface area is 229 Å². The van der Waals surface area contributed by atoms with Gasteiger partial charge in [-0.1, -0.05) is 50.9 Å². The number of hydrogen-bond donors (Lipinski definition) is 3. The van der Waals surface area contributed by atoms with Crippen molar-refractivity contribution in [1.29, 1.82) is 0 Å². The number of carbonyl (C=O) groups is 2. The highest BCUT2D eigenvalue weighted by Gasteiger charge is 2.43. The minimum absolute atomic E-state index is 0.0104. The molecular formula is C25H33Cl2F3N4O4. The van der Waals surface area contributed by atoms with E-state index in [1.165, 1.54) is 11.1 Å². The first-order chi connectivity index (χ1) is 17.5. The summed E-state index contributed by atoms with van der Waals surface area (Å²) in [5.74, 6) is -3.02. The van der Waals surface area contributed by atoms with E-state index in [1.54, 1.807) is 6.92 Å². The van der Waals surface area contributed by atoms with Crippen molar-refractivity contribution in [3.63, 3.8) is 0 Å². The molecule has 13 heteroatoms. The Morgan fingerprint density at radius 2 is 1.89 bits per heavy atom. The van der Waals surface area contributed by atoms with Gasteiger partial charge in [0.25, 0.3) is 11.5 Å². The minimum Gasteiger partial charge on any atom is -0.481 e. The quantitative estimate of drug-likeness (QED) is 0.299. The van der Waals surface area contributed by atoms with Gasteiger partial charge in [-0.25, -0.2) is 0 Å². The summed E-state index contributed by atoms with van der Waals surface area (Å²) in [7, 11) is 0. The van der Waals surface area contributed by atoms with Gasteiger partial charge in [0.1, 0.15) is 5.02 Å². The van der Waals surface area contributed by atoms with E-state index >= 15 is 0 Å². The second-order valence-electron chi connectivity index (χ2n) is 10.7. The highest BCUT2D eigenvalue weighted by molar-refractivity contribution is 6.35. The van der Waals surface area contributed by atoms with Crippen molar-refractivity contribution in [2.75, 3.05) is 13.1 Å². The summed E-state index contributed by atoms with van der Waals surface area (Å²) >= 11 is 12.2. The van der Waals surface area contributed by atoms with Gasteiger partial charge < -0.3 is 20.7 Å². The highest BCUT2D eigenvalue weighted by atomic mass is 35.5. The van der Waals surface area contributed by atoms with Crippen LogP contribution in [0.15, 0.2) is 27.8 Å². The molecule has 38 heavy (non-hydrogen) atoms. The molecule has 1 saturated carbocycles. The molecule has 1 aromatic rings. The molecule has 0 unspecified atom stereocenters. The van der Waals surface area contributed by atoms with E-state index in [-0.39, 0.29) is 60.3 Å². The first-order valence-electron chi connectivity index (χ1n) is 12.1. The highest BCUT2D eigenvalue weighted by Crippen LogP contribution is 2.34. The lowest BCUT2D eigenvalue weighted by Gasteiger charge is -2.32. The molecule has 3 atom stereocenters. The zero-order valence-electron chi connectivity index (χ0n) is 21.7. The fourth-order valence-corrected chi connectivity index (χ4v) is 5.12. The van der Waals surface area contributed by atoms with Crippen LogP contribution in [-0.4, -0.2) is 57.9 Å². The Hall–Kier alpha value is -2.53. The number of H-pyrrole nitrogens is 1. The van der Waals surface area contributed by atoms with Crippen molar-refractivity contribution in [2.24, 2.45) is 28.0 Å². The molecule has 1 fully saturated rings. The third-order valence-electron chi connectivity index (χ3n) is 6.36. The number of aromatic nitrogens is 1. The first-order valence-corrected chi connectivity index (χ1v) is 12.9. The number of aromatic amines is 1. The van der Waals surface area contributed by atoms with Crippen LogP contribution in [0, 0.1) is 17.3 Å². The van der Waals surface area contributed by atoms with Gasteiger partial charge in [0.2, 0.25) is 0 Å². The van der Waals surface area contributed by atoms with E-state index in [9.17, 15) is 32.7 Å². The molecule has 1 aromatic heterocycles. The summed E-state index contributed by atoms with van der Waals surface area (Å²) in [6.07, 6.45) is -2.67. The molecule has 212 valence electrons. The Morgan fingerprint density at radius 3 is 2.39 bits per heavy atom. The Morgan fingerprint density at radius 1 is 1.26 bits per heavy atom. The fourth-order valence-electron chi connectivity index (χ4n) is 4.57. The van der Waals surface area contributed by atoms with Gasteiger partial charge in [-0.2, -0.15) is 13.2 Å². The van der Waals surface area contributed by atoms with Gasteiger partial charge in [0, 0.05) is 25.5 Å². The number of rotatable bonds is 8. The maximum absolute atomic E-state index is 14.2. The van der Waals surface area contributed by atoms with Gasteiger partial charge in [-0.05, 0) is 42.6 Å². The number of hydrogen-bond acceptors (Lipinski definition) is 5. The van der Waals surface area contributed by atoms with E-state index in [1.807, 2.05) is 20.8 Å². The zero-order valence-corrected chi connectivity index (χ0v) is 23.2. The van der Waals surface area contributed by atoms with Crippen LogP contribution in [0.3, 0.4) is 0 Å². The average Bonchev–Trinajstić information content (AvgIpc) is 2.78. The molecule has 8 nitrogen and oxygen atoms in total. The SMILES string of the molecule is C[C@H]1C[C@H](N=C(C(=CN)C(=O)N(CCc2c(Cl)c[nH]c(=O)c2Cl)CC(C)(C)C)C(F)(F)F)CC[C@H]1C(=O)O. The number of nitrogens with two attached hydrogens (primary N) is 1. The molecule has 4 N–H and O–H groups in total. The van der Waals surface area contributed by atoms with Crippen molar-refractivity contribution in [3.05, 3.63) is 43.9 Å². The van der Waals surface area contributed by atoms with Crippen molar-refractivity contribution >= 4 is 40.8 Å². The van der Waals surface area contributed by atoms with Crippen molar-refractivity contribution < 1.29 is 27.9 Å². The molecule has 0 aliphatic heterocycles. The Kier molecular flexibility index (Phi) is 10.5. The molecule has 1 heterocycles. The number of pyridine rings is 1. The maximum atomic E-state index is 14.2. The van der Waals surface area contributed by atoms with Gasteiger partial charge in [-0.3, -0.25) is 19.4 Å². The van der Waals surface area contributed by atoms with Crippen LogP contribution < -0.4 is 11.3 Å². The summed E-state index contributed by atoms with van der Waals surface area (Å²) in [5, 5.41) is 9.30. The minimum atomic E-state index is -4.99. The lowest BCUT2D eigenvalue weighted by Crippen LogP contribution is -2.44. The monoisotopic (exact) mass is 580 g/mol. The Bertz CT molecular complexity index is 1160. The lowest BCUT2D eigenvalue weighted by molar-refractivity contribution is -0.144. The van der Waals surface area contributed by atoms with E-state index in [4.69, 9.17) is 28.9 Å². The predicted molar refractivity (Wildman–Crippen MR) is 141 cm³/mol. The second kappa shape index (κ2) is 12.5. The third-order valence-corrected chi connectivity index (χ3v) is 7.09. The van der Waals surface area contributed by atoms with Crippen LogP contribution in [0.2, 0.25) is 10.0 Å². The number of aliphatic carboxylic acids is 1. The smallest absolute Gasteiger partial charge is 0.433 e. The van der Waals surface area contributed by atoms with Crippen LogP contribution in [0.4, 0.5) is 13.2 Å². The largest absolute Gasteiger partial charge is 0.481 e. The van der Waals surface area contributed by atoms with Gasteiger partial charge in [0.05, 0.1) is 22.6 Å². The predicted octanol–water partition coefficient (Wildman–Crippen LogP) is 4.83. The number of alkyl halides is 3. The third kappa shape index (κ3) is 8.23. The molecule has 0 aromatic carbocycles. The molecule has 0 radical (unpaired) electrons. The number of carboxylic acid groups (broad SMARTS) is 1. The van der Waals surface area contributed by atoms with Crippen LogP contribution in [0.5, 0.6) is 0 Å². The van der Waals surface area contributed by atoms with Gasteiger partial charge in [0.15, 0.2) is 5.71 Å². The van der Waals surface area contributed by atoms with Crippen LogP contribution >= 0.6 is 23.2 Å². The number of nitrogens with zero attached hydrogens (tertiary/aromatic N) is 2. The molecule has 1 amide bonds. The molecule has 1 aliphatic carbocycles. The molecule has 0 saturated heterocycles. The standard InChI is InChI=1S/C25H33Cl2F3N4O4/c1-13-9-14(5-6-15(13)23(37)38)33-20(25(28,29)30)17(10-31)22(36)34(12-24(2,3)4)8-7-16-18(26)11-32-21(35)19(16)27/h10-11,13-15H,5-9,12,31H2,1-4H3,(H,32,35)(H,37,38)/t13-,14+,15+/m0/s1. The fraction of sp³-hybridized carbons (Fsp3) is 0.600. The first kappa shape index (κ1) is 31.7. The van der Waals surface area contributed by atoms with Crippen LogP contribution in [0.1, 0.15) is 52.5 Å². The molecule has 1 aliphatic rings. The average molecular weight is 581 g/mol. The number of aliphatic imine (C=N–C) groups is 1. The molecular weight excluding hydrogens is 548 g/mol. The van der Waals surface area contributed by atoms with Crippen molar-refractivity contribution in [1.82, 2.24) is 9.88 Å². The van der Waals surface area contributed by atoms with E-state index in [2.05, 4.69) is 9.98 Å². The summed E-state index contributed by atoms with van der Waals surface area (Å²) < 4.78 is 42.6. The van der Waals surface area contributed by atoms with E-state index in [0.717, 1.165) is 0 Å². The number of halogens is 5. The molecule has 0 spiro atoms. The summed E-state index contributed by atoms with van der Waals surface area (Å²) in [5.41, 5.74) is 2.55. The number of carbonyl (C=O) groups excluding carboxylic acids is 1. The van der Waals surface area contributed by atoms with E-state index < -0.39 is 52.3 Å². The summed E-state index contributed by atoms with van der Waals surface area (Å²) in [6.45, 7) is 7.07. The zero-order chi connectivity index (χ0) is 29.0. The Balaban J connectivity index is 2.41. The lowest BCUT2D eigenvalue weighted by atomic mass is 9.78. The topological polar surface area (TPSA) is 129 Å². The maximum Gasteiger partial charge on any atom is 0.433 e.